The number of nitrogens with one attached hydrogen (secondary N) is 1. The van der Waals surface area contributed by atoms with E-state index in [0.717, 1.165) is 35.0 Å². The fourth-order valence-corrected chi connectivity index (χ4v) is 2.52. The highest BCUT2D eigenvalue weighted by Crippen LogP contribution is 2.22. The van der Waals surface area contributed by atoms with Crippen molar-refractivity contribution in [3.05, 3.63) is 33.8 Å². The zero-order valence-corrected chi connectivity index (χ0v) is 12.8. The lowest BCUT2D eigenvalue weighted by Gasteiger charge is -2.18. The lowest BCUT2D eigenvalue weighted by Crippen LogP contribution is -2.30. The molecule has 0 bridgehead atoms. The molecule has 0 aromatic heterocycles. The van der Waals surface area contributed by atoms with E-state index in [1.807, 2.05) is 18.2 Å². The summed E-state index contributed by atoms with van der Waals surface area (Å²) >= 11 is 12.2. The van der Waals surface area contributed by atoms with E-state index in [9.17, 15) is 0 Å². The predicted octanol–water partition coefficient (Wildman–Crippen LogP) is 5.09. The summed E-state index contributed by atoms with van der Waals surface area (Å²) in [5.41, 5.74) is 1.16. The normalized spacial score (nSPS) is 12.7. The van der Waals surface area contributed by atoms with Gasteiger partial charge in [-0.2, -0.15) is 0 Å². The van der Waals surface area contributed by atoms with Crippen LogP contribution in [0.15, 0.2) is 18.2 Å². The first kappa shape index (κ1) is 15.8. The van der Waals surface area contributed by atoms with E-state index in [0.29, 0.717) is 6.04 Å². The molecule has 0 radical (unpaired) electrons. The first-order chi connectivity index (χ1) is 8.67. The van der Waals surface area contributed by atoms with Crippen molar-refractivity contribution < 1.29 is 0 Å². The minimum atomic E-state index is 0.588. The Morgan fingerprint density at radius 3 is 2.56 bits per heavy atom. The Hall–Kier alpha value is -0.240. The summed E-state index contributed by atoms with van der Waals surface area (Å²) in [4.78, 5) is 0. The van der Waals surface area contributed by atoms with Gasteiger partial charge in [0, 0.05) is 16.1 Å². The third-order valence-corrected chi connectivity index (χ3v) is 3.69. The second-order valence-corrected chi connectivity index (χ2v) is 5.56. The molecule has 18 heavy (non-hydrogen) atoms. The number of hydrogen-bond acceptors (Lipinski definition) is 1. The van der Waals surface area contributed by atoms with Gasteiger partial charge in [0.15, 0.2) is 0 Å². The van der Waals surface area contributed by atoms with Gasteiger partial charge in [-0.1, -0.05) is 43.5 Å². The maximum Gasteiger partial charge on any atom is 0.0439 e. The van der Waals surface area contributed by atoms with Crippen LogP contribution >= 0.6 is 23.2 Å². The molecule has 1 atom stereocenters. The molecule has 1 rings (SSSR count). The maximum absolute atomic E-state index is 6.18. The molecule has 0 spiro atoms. The SMILES string of the molecule is CCCNC(CCC)CCc1cc(Cl)ccc1Cl. The molecular weight excluding hydrogens is 265 g/mol. The molecule has 0 saturated carbocycles. The van der Waals surface area contributed by atoms with Crippen molar-refractivity contribution in [3.63, 3.8) is 0 Å². The monoisotopic (exact) mass is 287 g/mol. The van der Waals surface area contributed by atoms with Gasteiger partial charge in [0.25, 0.3) is 0 Å². The quantitative estimate of drug-likeness (QED) is 0.702. The second-order valence-electron chi connectivity index (χ2n) is 4.71. The topological polar surface area (TPSA) is 12.0 Å². The Bertz CT molecular complexity index is 352. The van der Waals surface area contributed by atoms with Crippen molar-refractivity contribution in [2.45, 2.75) is 52.0 Å². The van der Waals surface area contributed by atoms with Crippen LogP contribution in [0.2, 0.25) is 10.0 Å². The van der Waals surface area contributed by atoms with E-state index in [4.69, 9.17) is 23.2 Å². The summed E-state index contributed by atoms with van der Waals surface area (Å²) in [5, 5.41) is 5.19. The van der Waals surface area contributed by atoms with Crippen molar-refractivity contribution in [1.29, 1.82) is 0 Å². The summed E-state index contributed by atoms with van der Waals surface area (Å²) < 4.78 is 0. The van der Waals surface area contributed by atoms with Gasteiger partial charge >= 0.3 is 0 Å². The van der Waals surface area contributed by atoms with Crippen molar-refractivity contribution in [2.24, 2.45) is 0 Å². The van der Waals surface area contributed by atoms with Gasteiger partial charge in [0.1, 0.15) is 0 Å². The maximum atomic E-state index is 6.18. The van der Waals surface area contributed by atoms with Gasteiger partial charge in [-0.3, -0.25) is 0 Å². The third-order valence-electron chi connectivity index (χ3n) is 3.09. The van der Waals surface area contributed by atoms with Crippen LogP contribution in [0.4, 0.5) is 0 Å². The van der Waals surface area contributed by atoms with Gasteiger partial charge in [-0.25, -0.2) is 0 Å². The molecule has 3 heteroatoms. The molecule has 1 aromatic carbocycles. The summed E-state index contributed by atoms with van der Waals surface area (Å²) in [6.07, 6.45) is 5.72. The van der Waals surface area contributed by atoms with Gasteiger partial charge < -0.3 is 5.32 Å². The summed E-state index contributed by atoms with van der Waals surface area (Å²) in [7, 11) is 0. The zero-order chi connectivity index (χ0) is 13.4. The van der Waals surface area contributed by atoms with Gasteiger partial charge in [-0.15, -0.1) is 0 Å². The van der Waals surface area contributed by atoms with Gasteiger partial charge in [0.2, 0.25) is 0 Å². The van der Waals surface area contributed by atoms with Gasteiger partial charge in [-0.05, 0) is 56.0 Å². The lowest BCUT2D eigenvalue weighted by molar-refractivity contribution is 0.449. The van der Waals surface area contributed by atoms with Crippen molar-refractivity contribution in [3.8, 4) is 0 Å². The first-order valence-electron chi connectivity index (χ1n) is 6.84. The molecule has 0 saturated heterocycles. The van der Waals surface area contributed by atoms with Crippen molar-refractivity contribution in [2.75, 3.05) is 6.54 Å². The Labute approximate surface area is 121 Å². The number of halogens is 2. The molecular formula is C15H23Cl2N. The highest BCUT2D eigenvalue weighted by atomic mass is 35.5. The van der Waals surface area contributed by atoms with Crippen LogP contribution in [-0.4, -0.2) is 12.6 Å². The minimum Gasteiger partial charge on any atom is -0.314 e. The van der Waals surface area contributed by atoms with E-state index in [-0.39, 0.29) is 0 Å². The van der Waals surface area contributed by atoms with Crippen LogP contribution in [0.25, 0.3) is 0 Å². The Morgan fingerprint density at radius 2 is 1.89 bits per heavy atom. The molecule has 0 aliphatic rings. The molecule has 0 aliphatic heterocycles. The molecule has 0 fully saturated rings. The number of benzene rings is 1. The fourth-order valence-electron chi connectivity index (χ4n) is 2.11. The Morgan fingerprint density at radius 1 is 1.11 bits per heavy atom. The number of hydrogen-bond donors (Lipinski definition) is 1. The van der Waals surface area contributed by atoms with Crippen LogP contribution in [0.1, 0.15) is 45.1 Å². The molecule has 0 heterocycles. The van der Waals surface area contributed by atoms with Crippen molar-refractivity contribution in [1.82, 2.24) is 5.32 Å². The Kier molecular flexibility index (Phi) is 7.73. The lowest BCUT2D eigenvalue weighted by atomic mass is 10.0. The van der Waals surface area contributed by atoms with Crippen LogP contribution < -0.4 is 5.32 Å². The molecule has 0 amide bonds. The first-order valence-corrected chi connectivity index (χ1v) is 7.60. The van der Waals surface area contributed by atoms with E-state index < -0.39 is 0 Å². The standard InChI is InChI=1S/C15H23Cl2N/c1-3-5-14(18-10-4-2)8-6-12-11-13(16)7-9-15(12)17/h7,9,11,14,18H,3-6,8,10H2,1-2H3. The average molecular weight is 288 g/mol. The second kappa shape index (κ2) is 8.79. The number of rotatable bonds is 8. The smallest absolute Gasteiger partial charge is 0.0439 e. The highest BCUT2D eigenvalue weighted by molar-refractivity contribution is 6.33. The molecule has 1 N–H and O–H groups in total. The summed E-state index contributed by atoms with van der Waals surface area (Å²) in [5.74, 6) is 0. The molecule has 1 nitrogen and oxygen atoms in total. The van der Waals surface area contributed by atoms with E-state index >= 15 is 0 Å². The fraction of sp³-hybridized carbons (Fsp3) is 0.600. The van der Waals surface area contributed by atoms with Crippen LogP contribution in [0.5, 0.6) is 0 Å². The predicted molar refractivity (Wildman–Crippen MR) is 81.8 cm³/mol. The summed E-state index contributed by atoms with van der Waals surface area (Å²) in [6.45, 7) is 5.52. The molecule has 1 unspecified atom stereocenters. The average Bonchev–Trinajstić information content (AvgIpc) is 2.36. The van der Waals surface area contributed by atoms with E-state index in [1.165, 1.54) is 19.3 Å². The molecule has 0 aliphatic carbocycles. The number of aryl methyl sites for hydroxylation is 1. The third kappa shape index (κ3) is 5.60. The largest absolute Gasteiger partial charge is 0.314 e. The summed E-state index contributed by atoms with van der Waals surface area (Å²) in [6, 6.07) is 6.29. The van der Waals surface area contributed by atoms with E-state index in [1.54, 1.807) is 0 Å². The zero-order valence-electron chi connectivity index (χ0n) is 11.3. The molecule has 102 valence electrons. The van der Waals surface area contributed by atoms with Crippen LogP contribution in [0.3, 0.4) is 0 Å². The van der Waals surface area contributed by atoms with Gasteiger partial charge in [0.05, 0.1) is 0 Å². The minimum absolute atomic E-state index is 0.588. The van der Waals surface area contributed by atoms with Crippen molar-refractivity contribution >= 4 is 23.2 Å². The highest BCUT2D eigenvalue weighted by Gasteiger charge is 2.08. The van der Waals surface area contributed by atoms with Crippen LogP contribution in [0, 0.1) is 0 Å². The van der Waals surface area contributed by atoms with Crippen LogP contribution in [-0.2, 0) is 6.42 Å². The van der Waals surface area contributed by atoms with E-state index in [2.05, 4.69) is 19.2 Å². The molecule has 1 aromatic rings. The Balaban J connectivity index is 2.52.